The predicted octanol–water partition coefficient (Wildman–Crippen LogP) is 2.45. The zero-order valence-corrected chi connectivity index (χ0v) is 13.5. The number of piperidine rings is 1. The van der Waals surface area contributed by atoms with Crippen molar-refractivity contribution in [2.75, 3.05) is 33.3 Å². The quantitative estimate of drug-likeness (QED) is 0.797. The first kappa shape index (κ1) is 14.9. The summed E-state index contributed by atoms with van der Waals surface area (Å²) in [6.45, 7) is 3.02. The third kappa shape index (κ3) is 2.51. The third-order valence-electron chi connectivity index (χ3n) is 5.59. The number of hydrogen-bond acceptors (Lipinski definition) is 3. The van der Waals surface area contributed by atoms with Crippen molar-refractivity contribution in [1.82, 2.24) is 9.80 Å². The van der Waals surface area contributed by atoms with Gasteiger partial charge < -0.3 is 9.64 Å². The average Bonchev–Trinajstić information content (AvgIpc) is 2.92. The van der Waals surface area contributed by atoms with Crippen molar-refractivity contribution in [3.8, 4) is 5.75 Å². The fraction of sp³-hybridized carbons (Fsp3) is 0.611. The van der Waals surface area contributed by atoms with Crippen LogP contribution in [0.3, 0.4) is 0 Å². The number of rotatable bonds is 1. The Morgan fingerprint density at radius 2 is 2.04 bits per heavy atom. The molecule has 23 heavy (non-hydrogen) atoms. The van der Waals surface area contributed by atoms with E-state index in [1.165, 1.54) is 12.5 Å². The molecule has 0 bridgehead atoms. The number of nitrogens with zero attached hydrogens (tertiary/aromatic N) is 2. The molecular weight excluding hydrogens is 295 g/mol. The maximum Gasteiger partial charge on any atom is 0.227 e. The summed E-state index contributed by atoms with van der Waals surface area (Å²) in [6, 6.07) is 4.78. The number of benzene rings is 1. The number of likely N-dealkylation sites (tertiary alicyclic amines) is 2. The molecule has 3 aliphatic rings. The van der Waals surface area contributed by atoms with Crippen LogP contribution in [0.25, 0.3) is 0 Å². The minimum atomic E-state index is -0.243. The molecule has 4 rings (SSSR count). The van der Waals surface area contributed by atoms with Gasteiger partial charge in [-0.3, -0.25) is 9.69 Å². The van der Waals surface area contributed by atoms with Crippen LogP contribution >= 0.6 is 0 Å². The van der Waals surface area contributed by atoms with Crippen LogP contribution in [0.4, 0.5) is 4.39 Å². The van der Waals surface area contributed by atoms with E-state index in [1.807, 2.05) is 11.9 Å². The molecule has 0 saturated carbocycles. The highest BCUT2D eigenvalue weighted by Crippen LogP contribution is 2.47. The molecule has 0 aromatic heterocycles. The lowest BCUT2D eigenvalue weighted by molar-refractivity contribution is -0.137. The van der Waals surface area contributed by atoms with E-state index < -0.39 is 0 Å². The number of carbonyl (C=O) groups is 1. The topological polar surface area (TPSA) is 32.8 Å². The van der Waals surface area contributed by atoms with E-state index in [0.29, 0.717) is 6.61 Å². The van der Waals surface area contributed by atoms with E-state index in [4.69, 9.17) is 4.74 Å². The molecule has 0 unspecified atom stereocenters. The van der Waals surface area contributed by atoms with Crippen LogP contribution in [0.15, 0.2) is 18.2 Å². The van der Waals surface area contributed by atoms with Crippen LogP contribution in [0.1, 0.15) is 30.9 Å². The Labute approximate surface area is 136 Å². The van der Waals surface area contributed by atoms with Crippen molar-refractivity contribution < 1.29 is 13.9 Å². The molecule has 1 aromatic rings. The lowest BCUT2D eigenvalue weighted by atomic mass is 9.84. The molecule has 3 atom stereocenters. The summed E-state index contributed by atoms with van der Waals surface area (Å²) in [4.78, 5) is 17.2. The van der Waals surface area contributed by atoms with Gasteiger partial charge in [0.15, 0.2) is 0 Å². The third-order valence-corrected chi connectivity index (χ3v) is 5.59. The average molecular weight is 318 g/mol. The van der Waals surface area contributed by atoms with Crippen LogP contribution in [0.2, 0.25) is 0 Å². The van der Waals surface area contributed by atoms with Gasteiger partial charge in [0.05, 0.1) is 12.5 Å². The molecule has 3 heterocycles. The summed E-state index contributed by atoms with van der Waals surface area (Å²) < 4.78 is 19.5. The second-order valence-electron chi connectivity index (χ2n) is 7.03. The van der Waals surface area contributed by atoms with Gasteiger partial charge in [0.2, 0.25) is 5.91 Å². The highest BCUT2D eigenvalue weighted by atomic mass is 19.1. The van der Waals surface area contributed by atoms with E-state index in [9.17, 15) is 9.18 Å². The lowest BCUT2D eigenvalue weighted by Crippen LogP contribution is -2.43. The Hall–Kier alpha value is -1.62. The van der Waals surface area contributed by atoms with Crippen molar-refractivity contribution in [3.05, 3.63) is 29.6 Å². The van der Waals surface area contributed by atoms with Gasteiger partial charge in [-0.25, -0.2) is 4.39 Å². The molecule has 3 aliphatic heterocycles. The van der Waals surface area contributed by atoms with Gasteiger partial charge in [0, 0.05) is 37.2 Å². The number of hydrogen-bond donors (Lipinski definition) is 0. The first-order chi connectivity index (χ1) is 11.1. The van der Waals surface area contributed by atoms with Gasteiger partial charge in [-0.1, -0.05) is 0 Å². The summed E-state index contributed by atoms with van der Waals surface area (Å²) in [7, 11) is 2.03. The minimum Gasteiger partial charge on any atom is -0.493 e. The number of halogens is 1. The zero-order chi connectivity index (χ0) is 16.0. The molecule has 0 spiro atoms. The van der Waals surface area contributed by atoms with Crippen molar-refractivity contribution in [1.29, 1.82) is 0 Å². The van der Waals surface area contributed by atoms with Crippen LogP contribution in [-0.2, 0) is 4.79 Å². The van der Waals surface area contributed by atoms with Gasteiger partial charge in [-0.05, 0) is 44.5 Å². The monoisotopic (exact) mass is 318 g/mol. The largest absolute Gasteiger partial charge is 0.493 e. The van der Waals surface area contributed by atoms with E-state index in [2.05, 4.69) is 4.90 Å². The van der Waals surface area contributed by atoms with Crippen LogP contribution in [0.5, 0.6) is 5.75 Å². The van der Waals surface area contributed by atoms with Crippen molar-refractivity contribution in [3.63, 3.8) is 0 Å². The van der Waals surface area contributed by atoms with Crippen LogP contribution in [0, 0.1) is 17.7 Å². The molecule has 5 heteroatoms. The highest BCUT2D eigenvalue weighted by molar-refractivity contribution is 5.80. The fourth-order valence-corrected chi connectivity index (χ4v) is 4.46. The molecule has 1 aromatic carbocycles. The number of ether oxygens (including phenoxy) is 1. The molecule has 0 aliphatic carbocycles. The van der Waals surface area contributed by atoms with Crippen molar-refractivity contribution in [2.45, 2.75) is 25.3 Å². The Morgan fingerprint density at radius 1 is 1.26 bits per heavy atom. The minimum absolute atomic E-state index is 0.0421. The molecule has 2 fully saturated rings. The van der Waals surface area contributed by atoms with E-state index in [-0.39, 0.29) is 29.6 Å². The number of amides is 1. The second kappa shape index (κ2) is 5.78. The van der Waals surface area contributed by atoms with Crippen molar-refractivity contribution in [2.24, 2.45) is 11.8 Å². The molecule has 4 nitrogen and oxygen atoms in total. The normalized spacial score (nSPS) is 30.5. The number of carbonyl (C=O) groups excluding carboxylic acids is 1. The van der Waals surface area contributed by atoms with Crippen LogP contribution in [-0.4, -0.2) is 49.0 Å². The summed E-state index contributed by atoms with van der Waals surface area (Å²) in [5.74, 6) is 0.841. The predicted molar refractivity (Wildman–Crippen MR) is 84.7 cm³/mol. The fourth-order valence-electron chi connectivity index (χ4n) is 4.46. The smallest absolute Gasteiger partial charge is 0.227 e. The van der Waals surface area contributed by atoms with E-state index in [1.54, 1.807) is 12.1 Å². The first-order valence-corrected chi connectivity index (χ1v) is 8.56. The zero-order valence-electron chi connectivity index (χ0n) is 13.5. The molecular formula is C18H23FN2O2. The van der Waals surface area contributed by atoms with Crippen molar-refractivity contribution >= 4 is 5.91 Å². The SMILES string of the molecule is CN1C[C@@H](C(=O)N2CCCCC2)[C@@H]2COc3ccc(F)cc3[C@@H]21. The van der Waals surface area contributed by atoms with E-state index in [0.717, 1.165) is 43.8 Å². The molecule has 0 radical (unpaired) electrons. The summed E-state index contributed by atoms with van der Waals surface area (Å²) in [5.41, 5.74) is 0.887. The van der Waals surface area contributed by atoms with Gasteiger partial charge in [-0.2, -0.15) is 0 Å². The maximum absolute atomic E-state index is 13.7. The van der Waals surface area contributed by atoms with Gasteiger partial charge in [-0.15, -0.1) is 0 Å². The molecule has 2 saturated heterocycles. The van der Waals surface area contributed by atoms with Gasteiger partial charge >= 0.3 is 0 Å². The van der Waals surface area contributed by atoms with Crippen LogP contribution < -0.4 is 4.74 Å². The Bertz CT molecular complexity index is 615. The second-order valence-corrected chi connectivity index (χ2v) is 7.03. The molecule has 124 valence electrons. The first-order valence-electron chi connectivity index (χ1n) is 8.56. The summed E-state index contributed by atoms with van der Waals surface area (Å²) >= 11 is 0. The van der Waals surface area contributed by atoms with Gasteiger partial charge in [0.1, 0.15) is 11.6 Å². The molecule has 1 amide bonds. The summed E-state index contributed by atoms with van der Waals surface area (Å²) in [6.07, 6.45) is 3.43. The maximum atomic E-state index is 13.7. The Morgan fingerprint density at radius 3 is 2.83 bits per heavy atom. The highest BCUT2D eigenvalue weighted by Gasteiger charge is 2.48. The summed E-state index contributed by atoms with van der Waals surface area (Å²) in [5, 5.41) is 0. The Kier molecular flexibility index (Phi) is 3.76. The van der Waals surface area contributed by atoms with Gasteiger partial charge in [0.25, 0.3) is 0 Å². The standard InChI is InChI=1S/C18H23FN2O2/c1-20-10-14(18(22)21-7-3-2-4-8-21)15-11-23-16-6-5-12(19)9-13(16)17(15)20/h5-6,9,14-15,17H,2-4,7-8,10-11H2,1H3/t14-,15+,17+/m1/s1. The van der Waals surface area contributed by atoms with E-state index >= 15 is 0 Å². The number of fused-ring (bicyclic) bond motifs is 3. The lowest BCUT2D eigenvalue weighted by Gasteiger charge is -2.35. The Balaban J connectivity index is 1.60. The molecule has 0 N–H and O–H groups in total.